The van der Waals surface area contributed by atoms with Gasteiger partial charge in [0.2, 0.25) is 11.8 Å². The van der Waals surface area contributed by atoms with Gasteiger partial charge in [0.15, 0.2) is 0 Å². The number of rotatable bonds is 14. The summed E-state index contributed by atoms with van der Waals surface area (Å²) in [7, 11) is 0. The zero-order valence-electron chi connectivity index (χ0n) is 30.8. The second kappa shape index (κ2) is 17.9. The van der Waals surface area contributed by atoms with Crippen molar-refractivity contribution < 1.29 is 19.5 Å². The first-order valence-electron chi connectivity index (χ1n) is 18.1. The Morgan fingerprint density at radius 1 is 0.923 bits per heavy atom. The van der Waals surface area contributed by atoms with E-state index < -0.39 is 41.6 Å². The van der Waals surface area contributed by atoms with Crippen LogP contribution in [0.1, 0.15) is 69.1 Å². The molecule has 10 nitrogen and oxygen atoms in total. The maximum absolute atomic E-state index is 14.0. The molecule has 4 aromatic rings. The van der Waals surface area contributed by atoms with Gasteiger partial charge in [-0.2, -0.15) is 11.8 Å². The monoisotopic (exact) mass is 724 g/mol. The number of thioether (sulfide) groups is 1. The largest absolute Gasteiger partial charge is 0.390 e. The molecule has 5 rings (SSSR count). The van der Waals surface area contributed by atoms with Gasteiger partial charge in [0.25, 0.3) is 5.91 Å². The molecule has 0 bridgehead atoms. The number of amides is 3. The van der Waals surface area contributed by atoms with Gasteiger partial charge in [0.05, 0.1) is 23.7 Å². The summed E-state index contributed by atoms with van der Waals surface area (Å²) < 4.78 is 0. The molecule has 2 aromatic carbocycles. The zero-order chi connectivity index (χ0) is 37.3. The second-order valence-corrected chi connectivity index (χ2v) is 16.3. The predicted octanol–water partition coefficient (Wildman–Crippen LogP) is 5.15. The number of para-hydroxylation sites is 1. The molecule has 1 aliphatic heterocycles. The van der Waals surface area contributed by atoms with Crippen LogP contribution < -0.4 is 16.0 Å². The topological polar surface area (TPSA) is 137 Å². The van der Waals surface area contributed by atoms with E-state index in [0.717, 1.165) is 23.1 Å². The Labute approximate surface area is 311 Å². The van der Waals surface area contributed by atoms with Crippen molar-refractivity contribution in [3.8, 4) is 0 Å². The molecule has 0 spiro atoms. The van der Waals surface area contributed by atoms with Gasteiger partial charge in [-0.15, -0.1) is 0 Å². The van der Waals surface area contributed by atoms with Gasteiger partial charge >= 0.3 is 0 Å². The van der Waals surface area contributed by atoms with Crippen LogP contribution in [0.4, 0.5) is 0 Å². The van der Waals surface area contributed by atoms with Crippen LogP contribution in [0.5, 0.6) is 0 Å². The number of nitrogens with one attached hydrogen (secondary N) is 3. The fourth-order valence-electron chi connectivity index (χ4n) is 6.50. The molecule has 11 heteroatoms. The Hall–Kier alpha value is -4.32. The molecule has 0 aliphatic carbocycles. The lowest BCUT2D eigenvalue weighted by atomic mass is 9.95. The van der Waals surface area contributed by atoms with Crippen LogP contribution in [0.25, 0.3) is 10.9 Å². The molecule has 3 amide bonds. The third-order valence-corrected chi connectivity index (χ3v) is 10.7. The van der Waals surface area contributed by atoms with Gasteiger partial charge in [0, 0.05) is 47.4 Å². The van der Waals surface area contributed by atoms with Crippen molar-refractivity contribution in [3.63, 3.8) is 0 Å². The van der Waals surface area contributed by atoms with E-state index in [1.807, 2.05) is 119 Å². The van der Waals surface area contributed by atoms with E-state index in [1.165, 1.54) is 5.56 Å². The lowest BCUT2D eigenvalue weighted by Crippen LogP contribution is -2.60. The first-order valence-corrected chi connectivity index (χ1v) is 19.2. The fourth-order valence-corrected chi connectivity index (χ4v) is 7.72. The summed E-state index contributed by atoms with van der Waals surface area (Å²) in [4.78, 5) is 51.8. The molecule has 4 unspecified atom stereocenters. The van der Waals surface area contributed by atoms with Gasteiger partial charge in [-0.05, 0) is 81.3 Å². The van der Waals surface area contributed by atoms with Crippen LogP contribution in [0, 0.1) is 5.92 Å². The van der Waals surface area contributed by atoms with Crippen LogP contribution in [-0.4, -0.2) is 85.8 Å². The molecule has 1 aliphatic rings. The summed E-state index contributed by atoms with van der Waals surface area (Å²) in [6.07, 6.45) is 4.47. The molecule has 1 fully saturated rings. The Kier molecular flexibility index (Phi) is 13.4. The fraction of sp³-hybridized carbons (Fsp3) is 0.439. The van der Waals surface area contributed by atoms with Crippen molar-refractivity contribution in [2.24, 2.45) is 5.92 Å². The van der Waals surface area contributed by atoms with E-state index in [4.69, 9.17) is 0 Å². The minimum Gasteiger partial charge on any atom is -0.390 e. The summed E-state index contributed by atoms with van der Waals surface area (Å²) >= 11 is 1.84. The quantitative estimate of drug-likeness (QED) is 0.140. The average molecular weight is 725 g/mol. The Morgan fingerprint density at radius 2 is 1.63 bits per heavy atom. The van der Waals surface area contributed by atoms with Gasteiger partial charge in [-0.1, -0.05) is 68.4 Å². The van der Waals surface area contributed by atoms with Crippen molar-refractivity contribution in [1.82, 2.24) is 30.8 Å². The smallest absolute Gasteiger partial charge is 0.270 e. The molecule has 52 heavy (non-hydrogen) atoms. The number of aliphatic hydroxyl groups excluding tert-OH is 1. The number of nitrogens with zero attached hydrogens (tertiary/aromatic N) is 3. The van der Waals surface area contributed by atoms with Crippen LogP contribution in [0.3, 0.4) is 0 Å². The number of pyridine rings is 2. The Morgan fingerprint density at radius 3 is 2.35 bits per heavy atom. The molecule has 1 saturated heterocycles. The number of carbonyl (C=O) groups excluding carboxylic acids is 3. The summed E-state index contributed by atoms with van der Waals surface area (Å²) in [5.41, 5.74) is 2.64. The summed E-state index contributed by atoms with van der Waals surface area (Å²) in [5.74, 6) is -0.316. The summed E-state index contributed by atoms with van der Waals surface area (Å²) in [6, 6.07) is 22.8. The minimum absolute atomic E-state index is 0.0672. The maximum atomic E-state index is 14.0. The predicted molar refractivity (Wildman–Crippen MR) is 208 cm³/mol. The summed E-state index contributed by atoms with van der Waals surface area (Å²) in [6.45, 7) is 10.5. The molecule has 4 N–H and O–H groups in total. The average Bonchev–Trinajstić information content (AvgIpc) is 3.12. The Bertz CT molecular complexity index is 1780. The first kappa shape index (κ1) is 38.9. The first-order chi connectivity index (χ1) is 24.9. The SMILES string of the molecule is CC(C)C(NC(=O)c1ccc2ccccc2n1)C(=O)NC(Cc1ccccc1)C(O)CN1CC[C@@H](SCc2ccncc2)CC1C(=O)NC(C)(C)C. The third-order valence-electron chi connectivity index (χ3n) is 9.28. The molecule has 5 atom stereocenters. The second-order valence-electron chi connectivity index (χ2n) is 15.0. The number of benzene rings is 2. The number of fused-ring (bicyclic) bond motifs is 1. The number of aliphatic hydroxyl groups is 1. The van der Waals surface area contributed by atoms with E-state index in [-0.39, 0.29) is 29.3 Å². The van der Waals surface area contributed by atoms with Crippen molar-refractivity contribution >= 4 is 40.4 Å². The minimum atomic E-state index is -0.999. The normalized spacial score (nSPS) is 18.4. The highest BCUT2D eigenvalue weighted by Gasteiger charge is 2.38. The van der Waals surface area contributed by atoms with E-state index in [1.54, 1.807) is 18.5 Å². The summed E-state index contributed by atoms with van der Waals surface area (Å²) in [5, 5.41) is 22.2. The van der Waals surface area contributed by atoms with E-state index in [2.05, 4.69) is 30.8 Å². The Balaban J connectivity index is 1.31. The maximum Gasteiger partial charge on any atom is 0.270 e. The molecule has 3 heterocycles. The molecule has 0 radical (unpaired) electrons. The van der Waals surface area contributed by atoms with Crippen molar-refractivity contribution in [2.45, 2.75) is 94.7 Å². The molecule has 2 aromatic heterocycles. The molecule has 276 valence electrons. The molecule has 0 saturated carbocycles. The lowest BCUT2D eigenvalue weighted by Gasteiger charge is -2.41. The van der Waals surface area contributed by atoms with Crippen molar-refractivity contribution in [2.75, 3.05) is 13.1 Å². The van der Waals surface area contributed by atoms with Gasteiger partial charge in [0.1, 0.15) is 11.7 Å². The molecular weight excluding hydrogens is 673 g/mol. The number of β-amino-alcohol motifs (C(OH)–C–C–N with tert-alkyl or cyclic N) is 1. The number of likely N-dealkylation sites (tertiary alicyclic amines) is 1. The van der Waals surface area contributed by atoms with Gasteiger partial charge in [-0.25, -0.2) is 4.98 Å². The highest BCUT2D eigenvalue weighted by Crippen LogP contribution is 2.31. The van der Waals surface area contributed by atoms with Crippen molar-refractivity contribution in [3.05, 3.63) is 108 Å². The number of piperidine rings is 1. The van der Waals surface area contributed by atoms with Crippen molar-refractivity contribution in [1.29, 1.82) is 0 Å². The van der Waals surface area contributed by atoms with E-state index in [9.17, 15) is 19.5 Å². The lowest BCUT2D eigenvalue weighted by molar-refractivity contribution is -0.130. The zero-order valence-corrected chi connectivity index (χ0v) is 31.6. The van der Waals surface area contributed by atoms with Gasteiger partial charge in [-0.3, -0.25) is 24.3 Å². The van der Waals surface area contributed by atoms with Crippen LogP contribution in [0.15, 0.2) is 91.3 Å². The number of carbonyl (C=O) groups is 3. The van der Waals surface area contributed by atoms with Gasteiger partial charge < -0.3 is 21.1 Å². The van der Waals surface area contributed by atoms with Crippen LogP contribution >= 0.6 is 11.8 Å². The van der Waals surface area contributed by atoms with Crippen LogP contribution in [-0.2, 0) is 21.8 Å². The third kappa shape index (κ3) is 11.1. The van der Waals surface area contributed by atoms with E-state index in [0.29, 0.717) is 24.9 Å². The highest BCUT2D eigenvalue weighted by molar-refractivity contribution is 7.99. The van der Waals surface area contributed by atoms with Crippen LogP contribution in [0.2, 0.25) is 0 Å². The number of aromatic nitrogens is 2. The van der Waals surface area contributed by atoms with E-state index >= 15 is 0 Å². The standard InChI is InChI=1S/C41H52N6O4S/c1-27(2)37(45-38(49)33-16-15-30-13-9-10-14-32(30)43-33)40(51)44-34(23-28-11-7-6-8-12-28)36(48)25-47-22-19-31(52-26-29-17-20-42-21-18-29)24-35(47)39(50)46-41(3,4)5/h6-18,20-21,27,31,34-37,48H,19,22-26H2,1-5H3,(H,44,51)(H,45,49)(H,46,50)/t31-,34?,35?,36?,37?/m1/s1. The molecular formula is C41H52N6O4S. The number of hydrogen-bond acceptors (Lipinski definition) is 8. The number of hydrogen-bond donors (Lipinski definition) is 4. The highest BCUT2D eigenvalue weighted by atomic mass is 32.2.